The maximum Gasteiger partial charge on any atom is 0.329 e. The number of methoxy groups -OCH3 is 1. The average Bonchev–Trinajstić information content (AvgIpc) is 3.08. The first-order valence-electron chi connectivity index (χ1n) is 7.86. The minimum absolute atomic E-state index is 0.276. The van der Waals surface area contributed by atoms with Gasteiger partial charge in [0.15, 0.2) is 0 Å². The van der Waals surface area contributed by atoms with E-state index in [2.05, 4.69) is 15.3 Å². The van der Waals surface area contributed by atoms with Crippen molar-refractivity contribution in [2.45, 2.75) is 25.4 Å². The van der Waals surface area contributed by atoms with Crippen molar-refractivity contribution < 1.29 is 14.3 Å². The van der Waals surface area contributed by atoms with Gasteiger partial charge >= 0.3 is 12.0 Å². The summed E-state index contributed by atoms with van der Waals surface area (Å²) in [5.41, 5.74) is 2.81. The molecule has 126 valence electrons. The summed E-state index contributed by atoms with van der Waals surface area (Å²) in [4.78, 5) is 33.3. The van der Waals surface area contributed by atoms with Gasteiger partial charge in [-0.25, -0.2) is 14.6 Å². The van der Waals surface area contributed by atoms with Gasteiger partial charge in [0.25, 0.3) is 0 Å². The summed E-state index contributed by atoms with van der Waals surface area (Å²) in [6.45, 7) is 0.815. The van der Waals surface area contributed by atoms with Gasteiger partial charge in [0, 0.05) is 13.0 Å². The maximum atomic E-state index is 12.5. The Morgan fingerprint density at radius 1 is 1.38 bits per heavy atom. The highest BCUT2D eigenvalue weighted by Gasteiger charge is 2.36. The van der Waals surface area contributed by atoms with Crippen LogP contribution in [0.25, 0.3) is 0 Å². The summed E-state index contributed by atoms with van der Waals surface area (Å²) in [6, 6.07) is 8.99. The van der Waals surface area contributed by atoms with Crippen LogP contribution in [0.3, 0.4) is 0 Å². The topological polar surface area (TPSA) is 87.3 Å². The van der Waals surface area contributed by atoms with E-state index in [-0.39, 0.29) is 6.03 Å². The molecule has 2 N–H and O–H groups in total. The Kier molecular flexibility index (Phi) is 4.79. The molecular formula is C17H20N4O3. The first-order chi connectivity index (χ1) is 11.7. The summed E-state index contributed by atoms with van der Waals surface area (Å²) in [7, 11) is 1.33. The molecule has 0 aliphatic carbocycles. The number of amides is 2. The van der Waals surface area contributed by atoms with Crippen LogP contribution >= 0.6 is 0 Å². The van der Waals surface area contributed by atoms with Crippen molar-refractivity contribution in [1.29, 1.82) is 0 Å². The van der Waals surface area contributed by atoms with Crippen molar-refractivity contribution in [3.8, 4) is 0 Å². The molecule has 0 saturated heterocycles. The van der Waals surface area contributed by atoms with Gasteiger partial charge in [-0.15, -0.1) is 0 Å². The number of hydrogen-bond donors (Lipinski definition) is 2. The molecule has 1 aromatic carbocycles. The van der Waals surface area contributed by atoms with Crippen LogP contribution in [0.5, 0.6) is 0 Å². The van der Waals surface area contributed by atoms with E-state index in [0.717, 1.165) is 23.4 Å². The van der Waals surface area contributed by atoms with Gasteiger partial charge in [-0.05, 0) is 12.0 Å². The molecule has 2 aromatic rings. The number of aromatic amines is 1. The second kappa shape index (κ2) is 7.16. The number of nitrogens with one attached hydrogen (secondary N) is 2. The first kappa shape index (κ1) is 16.0. The monoisotopic (exact) mass is 328 g/mol. The van der Waals surface area contributed by atoms with Crippen molar-refractivity contribution >= 4 is 12.0 Å². The molecule has 7 heteroatoms. The highest BCUT2D eigenvalue weighted by Crippen LogP contribution is 2.21. The Hall–Kier alpha value is -2.83. The lowest BCUT2D eigenvalue weighted by Gasteiger charge is -2.33. The zero-order valence-electron chi connectivity index (χ0n) is 13.5. The molecule has 24 heavy (non-hydrogen) atoms. The molecule has 0 bridgehead atoms. The van der Waals surface area contributed by atoms with Crippen LogP contribution in [0.1, 0.15) is 17.0 Å². The fourth-order valence-corrected chi connectivity index (χ4v) is 2.86. The molecule has 2 amide bonds. The van der Waals surface area contributed by atoms with Gasteiger partial charge in [0.05, 0.1) is 31.4 Å². The average molecular weight is 328 g/mol. The zero-order valence-corrected chi connectivity index (χ0v) is 13.5. The molecular weight excluding hydrogens is 308 g/mol. The number of aromatic nitrogens is 2. The predicted molar refractivity (Wildman–Crippen MR) is 87.2 cm³/mol. The van der Waals surface area contributed by atoms with Gasteiger partial charge in [0.1, 0.15) is 6.04 Å². The van der Waals surface area contributed by atoms with Crippen LogP contribution in [0.2, 0.25) is 0 Å². The number of ether oxygens (including phenoxy) is 1. The van der Waals surface area contributed by atoms with Crippen molar-refractivity contribution in [1.82, 2.24) is 20.2 Å². The molecule has 1 atom stereocenters. The molecule has 1 unspecified atom stereocenters. The predicted octanol–water partition coefficient (Wildman–Crippen LogP) is 1.26. The number of esters is 1. The lowest BCUT2D eigenvalue weighted by Crippen LogP contribution is -2.53. The summed E-state index contributed by atoms with van der Waals surface area (Å²) in [5.74, 6) is -0.429. The third-order valence-electron chi connectivity index (χ3n) is 4.17. The summed E-state index contributed by atoms with van der Waals surface area (Å²) >= 11 is 0. The molecule has 7 nitrogen and oxygen atoms in total. The van der Waals surface area contributed by atoms with E-state index in [1.807, 2.05) is 30.3 Å². The Bertz CT molecular complexity index is 714. The molecule has 0 radical (unpaired) electrons. The molecule has 0 saturated carbocycles. The number of fused-ring (bicyclic) bond motifs is 1. The van der Waals surface area contributed by atoms with Crippen LogP contribution in [-0.4, -0.2) is 46.6 Å². The van der Waals surface area contributed by atoms with Gasteiger partial charge in [-0.3, -0.25) is 0 Å². The number of benzene rings is 1. The number of hydrogen-bond acceptors (Lipinski definition) is 4. The van der Waals surface area contributed by atoms with Crippen LogP contribution < -0.4 is 5.32 Å². The molecule has 3 rings (SSSR count). The van der Waals surface area contributed by atoms with Gasteiger partial charge < -0.3 is 19.9 Å². The lowest BCUT2D eigenvalue weighted by molar-refractivity contribution is -0.146. The maximum absolute atomic E-state index is 12.5. The van der Waals surface area contributed by atoms with E-state index in [0.29, 0.717) is 19.5 Å². The van der Waals surface area contributed by atoms with E-state index in [4.69, 9.17) is 4.74 Å². The minimum Gasteiger partial charge on any atom is -0.467 e. The van der Waals surface area contributed by atoms with Crippen LogP contribution in [0.15, 0.2) is 36.7 Å². The number of imidazole rings is 1. The zero-order chi connectivity index (χ0) is 16.9. The highest BCUT2D eigenvalue weighted by molar-refractivity contribution is 5.84. The van der Waals surface area contributed by atoms with E-state index < -0.39 is 12.0 Å². The van der Waals surface area contributed by atoms with E-state index >= 15 is 0 Å². The van der Waals surface area contributed by atoms with Crippen LogP contribution in [0, 0.1) is 0 Å². The van der Waals surface area contributed by atoms with Crippen LogP contribution in [0.4, 0.5) is 4.79 Å². The number of nitrogens with zero attached hydrogens (tertiary/aromatic N) is 2. The number of H-pyrrole nitrogens is 1. The minimum atomic E-state index is -0.650. The van der Waals surface area contributed by atoms with Gasteiger partial charge in [-0.2, -0.15) is 0 Å². The van der Waals surface area contributed by atoms with Crippen LogP contribution in [-0.2, 0) is 28.9 Å². The van der Waals surface area contributed by atoms with E-state index in [1.54, 1.807) is 6.33 Å². The molecule has 0 spiro atoms. The number of urea groups is 1. The van der Waals surface area contributed by atoms with Crippen molar-refractivity contribution in [2.75, 3.05) is 13.7 Å². The van der Waals surface area contributed by atoms with Crippen molar-refractivity contribution in [2.24, 2.45) is 0 Å². The first-order valence-corrected chi connectivity index (χ1v) is 7.86. The highest BCUT2D eigenvalue weighted by atomic mass is 16.5. The Balaban J connectivity index is 1.64. The second-order valence-corrected chi connectivity index (χ2v) is 5.67. The summed E-state index contributed by atoms with van der Waals surface area (Å²) < 4.78 is 4.84. The van der Waals surface area contributed by atoms with Crippen molar-refractivity contribution in [3.63, 3.8) is 0 Å². The number of rotatable bonds is 4. The van der Waals surface area contributed by atoms with Crippen molar-refractivity contribution in [3.05, 3.63) is 53.6 Å². The molecule has 1 aromatic heterocycles. The third-order valence-corrected chi connectivity index (χ3v) is 4.17. The third kappa shape index (κ3) is 3.40. The largest absolute Gasteiger partial charge is 0.467 e. The molecule has 2 heterocycles. The SMILES string of the molecule is COC(=O)C1Cc2nc[nH]c2CN1C(=O)NCCc1ccccc1. The smallest absolute Gasteiger partial charge is 0.329 e. The Morgan fingerprint density at radius 2 is 2.17 bits per heavy atom. The normalized spacial score (nSPS) is 16.4. The molecule has 1 aliphatic rings. The quantitative estimate of drug-likeness (QED) is 0.827. The Morgan fingerprint density at radius 3 is 2.92 bits per heavy atom. The van der Waals surface area contributed by atoms with Gasteiger partial charge in [-0.1, -0.05) is 30.3 Å². The number of carbonyl (C=O) groups excluding carboxylic acids is 2. The standard InChI is InChI=1S/C17H20N4O3/c1-24-16(22)15-9-13-14(20-11-19-13)10-21(15)17(23)18-8-7-12-5-3-2-4-6-12/h2-6,11,15H,7-10H2,1H3,(H,18,23)(H,19,20). The summed E-state index contributed by atoms with van der Waals surface area (Å²) in [5, 5.41) is 2.88. The fourth-order valence-electron chi connectivity index (χ4n) is 2.86. The van der Waals surface area contributed by atoms with E-state index in [1.165, 1.54) is 12.0 Å². The molecule has 0 fully saturated rings. The Labute approximate surface area is 140 Å². The van der Waals surface area contributed by atoms with E-state index in [9.17, 15) is 9.59 Å². The summed E-state index contributed by atoms with van der Waals surface area (Å²) in [6.07, 6.45) is 2.67. The number of carbonyl (C=O) groups is 2. The molecule has 1 aliphatic heterocycles. The fraction of sp³-hybridized carbons (Fsp3) is 0.353. The second-order valence-electron chi connectivity index (χ2n) is 5.67. The lowest BCUT2D eigenvalue weighted by atomic mass is 10.0. The van der Waals surface area contributed by atoms with Gasteiger partial charge in [0.2, 0.25) is 0 Å².